The number of urea groups is 2. The maximum absolute atomic E-state index is 11.7. The number of para-hydroxylation sites is 1. The number of anilines is 1. The van der Waals surface area contributed by atoms with Crippen LogP contribution in [0.1, 0.15) is 6.92 Å². The molecule has 0 aliphatic rings. The van der Waals surface area contributed by atoms with Crippen molar-refractivity contribution in [2.75, 3.05) is 18.5 Å². The van der Waals surface area contributed by atoms with Crippen molar-refractivity contribution in [3.63, 3.8) is 0 Å². The van der Waals surface area contributed by atoms with E-state index in [9.17, 15) is 9.59 Å². The molecule has 0 unspecified atom stereocenters. The van der Waals surface area contributed by atoms with Crippen molar-refractivity contribution >= 4 is 17.7 Å². The monoisotopic (exact) mass is 221 g/mol. The molecule has 1 aromatic carbocycles. The van der Waals surface area contributed by atoms with E-state index in [1.165, 1.54) is 7.05 Å². The van der Waals surface area contributed by atoms with Gasteiger partial charge in [-0.05, 0) is 19.1 Å². The third-order valence-corrected chi connectivity index (χ3v) is 1.96. The van der Waals surface area contributed by atoms with Gasteiger partial charge in [-0.25, -0.2) is 14.5 Å². The molecular formula is C11H15N3O2. The van der Waals surface area contributed by atoms with Gasteiger partial charge in [-0.2, -0.15) is 0 Å². The van der Waals surface area contributed by atoms with Crippen LogP contribution in [0, 0.1) is 0 Å². The van der Waals surface area contributed by atoms with Crippen molar-refractivity contribution in [3.05, 3.63) is 30.3 Å². The number of nitrogens with zero attached hydrogens (tertiary/aromatic N) is 1. The number of hydrogen-bond acceptors (Lipinski definition) is 2. The van der Waals surface area contributed by atoms with Crippen molar-refractivity contribution in [2.24, 2.45) is 0 Å². The standard InChI is InChI=1S/C11H15N3O2/c1-3-13-11(16)14(10(15)12-2)9-7-5-4-6-8-9/h4-8H,3H2,1-2H3,(H,12,15)(H,13,16). The highest BCUT2D eigenvalue weighted by Crippen LogP contribution is 2.13. The summed E-state index contributed by atoms with van der Waals surface area (Å²) in [5.41, 5.74) is 0.535. The lowest BCUT2D eigenvalue weighted by Crippen LogP contribution is -2.47. The van der Waals surface area contributed by atoms with E-state index in [1.807, 2.05) is 6.07 Å². The second kappa shape index (κ2) is 5.75. The molecule has 4 amide bonds. The fourth-order valence-corrected chi connectivity index (χ4v) is 1.25. The highest BCUT2D eigenvalue weighted by molar-refractivity contribution is 6.13. The number of carbonyl (C=O) groups is 2. The molecule has 1 rings (SSSR count). The summed E-state index contributed by atoms with van der Waals surface area (Å²) in [5.74, 6) is 0. The van der Waals surface area contributed by atoms with Crippen molar-refractivity contribution in [1.82, 2.24) is 10.6 Å². The largest absolute Gasteiger partial charge is 0.340 e. The summed E-state index contributed by atoms with van der Waals surface area (Å²) in [7, 11) is 1.48. The van der Waals surface area contributed by atoms with Gasteiger partial charge in [0.2, 0.25) is 0 Å². The van der Waals surface area contributed by atoms with Crippen LogP contribution in [-0.2, 0) is 0 Å². The van der Waals surface area contributed by atoms with E-state index in [0.29, 0.717) is 12.2 Å². The summed E-state index contributed by atoms with van der Waals surface area (Å²) in [6.45, 7) is 2.27. The zero-order chi connectivity index (χ0) is 12.0. The fourth-order valence-electron chi connectivity index (χ4n) is 1.25. The maximum Gasteiger partial charge on any atom is 0.330 e. The van der Waals surface area contributed by atoms with Crippen molar-refractivity contribution < 1.29 is 9.59 Å². The lowest BCUT2D eigenvalue weighted by Gasteiger charge is -2.20. The van der Waals surface area contributed by atoms with Crippen LogP contribution >= 0.6 is 0 Å². The Morgan fingerprint density at radius 3 is 2.31 bits per heavy atom. The van der Waals surface area contributed by atoms with Gasteiger partial charge in [0.1, 0.15) is 0 Å². The third kappa shape index (κ3) is 2.73. The highest BCUT2D eigenvalue weighted by atomic mass is 16.2. The first-order valence-electron chi connectivity index (χ1n) is 5.05. The quantitative estimate of drug-likeness (QED) is 0.796. The molecule has 16 heavy (non-hydrogen) atoms. The van der Waals surface area contributed by atoms with E-state index in [1.54, 1.807) is 31.2 Å². The van der Waals surface area contributed by atoms with Gasteiger partial charge in [0, 0.05) is 13.6 Å². The van der Waals surface area contributed by atoms with Gasteiger partial charge in [-0.1, -0.05) is 18.2 Å². The van der Waals surface area contributed by atoms with Gasteiger partial charge < -0.3 is 10.6 Å². The van der Waals surface area contributed by atoms with Gasteiger partial charge in [-0.15, -0.1) is 0 Å². The molecule has 0 aliphatic heterocycles. The Morgan fingerprint density at radius 2 is 1.81 bits per heavy atom. The van der Waals surface area contributed by atoms with E-state index in [0.717, 1.165) is 4.90 Å². The minimum Gasteiger partial charge on any atom is -0.340 e. The van der Waals surface area contributed by atoms with Crippen LogP contribution in [0.25, 0.3) is 0 Å². The molecule has 0 atom stereocenters. The van der Waals surface area contributed by atoms with Crippen LogP contribution in [0.2, 0.25) is 0 Å². The van der Waals surface area contributed by atoms with Gasteiger partial charge in [-0.3, -0.25) is 0 Å². The Hall–Kier alpha value is -2.04. The Morgan fingerprint density at radius 1 is 1.19 bits per heavy atom. The number of nitrogens with one attached hydrogen (secondary N) is 2. The van der Waals surface area contributed by atoms with E-state index in [4.69, 9.17) is 0 Å². The lowest BCUT2D eigenvalue weighted by atomic mass is 10.3. The number of hydrogen-bond donors (Lipinski definition) is 2. The molecule has 0 aliphatic carbocycles. The molecule has 0 heterocycles. The number of imide groups is 1. The smallest absolute Gasteiger partial charge is 0.330 e. The summed E-state index contributed by atoms with van der Waals surface area (Å²) < 4.78 is 0. The molecular weight excluding hydrogens is 206 g/mol. The molecule has 0 aromatic heterocycles. The first-order chi connectivity index (χ1) is 7.70. The zero-order valence-corrected chi connectivity index (χ0v) is 9.36. The van der Waals surface area contributed by atoms with E-state index < -0.39 is 12.1 Å². The van der Waals surface area contributed by atoms with Gasteiger partial charge in [0.15, 0.2) is 0 Å². The van der Waals surface area contributed by atoms with Crippen LogP contribution in [0.3, 0.4) is 0 Å². The predicted octanol–water partition coefficient (Wildman–Crippen LogP) is 1.56. The van der Waals surface area contributed by atoms with Crippen LogP contribution in [-0.4, -0.2) is 25.7 Å². The van der Waals surface area contributed by atoms with Crippen LogP contribution in [0.5, 0.6) is 0 Å². The minimum atomic E-state index is -0.461. The van der Waals surface area contributed by atoms with Crippen molar-refractivity contribution in [1.29, 1.82) is 0 Å². The summed E-state index contributed by atoms with van der Waals surface area (Å²) >= 11 is 0. The average Bonchev–Trinajstić information content (AvgIpc) is 2.31. The normalized spacial score (nSPS) is 9.38. The maximum atomic E-state index is 11.7. The van der Waals surface area contributed by atoms with Crippen LogP contribution < -0.4 is 15.5 Å². The van der Waals surface area contributed by atoms with Crippen LogP contribution in [0.4, 0.5) is 15.3 Å². The fraction of sp³-hybridized carbons (Fsp3) is 0.273. The molecule has 0 radical (unpaired) electrons. The molecule has 5 heteroatoms. The summed E-state index contributed by atoms with van der Waals surface area (Å²) in [5, 5.41) is 5.01. The second-order valence-electron chi connectivity index (χ2n) is 3.06. The minimum absolute atomic E-state index is 0.437. The average molecular weight is 221 g/mol. The molecule has 0 fully saturated rings. The highest BCUT2D eigenvalue weighted by Gasteiger charge is 2.21. The summed E-state index contributed by atoms with van der Waals surface area (Å²) in [6.07, 6.45) is 0. The first kappa shape index (κ1) is 12.0. The molecule has 1 aromatic rings. The summed E-state index contributed by atoms with van der Waals surface area (Å²) in [4.78, 5) is 24.3. The van der Waals surface area contributed by atoms with Crippen molar-refractivity contribution in [2.45, 2.75) is 6.92 Å². The summed E-state index contributed by atoms with van der Waals surface area (Å²) in [6, 6.07) is 7.86. The van der Waals surface area contributed by atoms with Gasteiger partial charge in [0.05, 0.1) is 5.69 Å². The molecule has 2 N–H and O–H groups in total. The van der Waals surface area contributed by atoms with E-state index >= 15 is 0 Å². The Bertz CT molecular complexity index is 365. The third-order valence-electron chi connectivity index (χ3n) is 1.96. The number of rotatable bonds is 2. The Kier molecular flexibility index (Phi) is 4.32. The molecule has 5 nitrogen and oxygen atoms in total. The Balaban J connectivity index is 2.97. The SMILES string of the molecule is CCNC(=O)N(C(=O)NC)c1ccccc1. The Labute approximate surface area is 94.4 Å². The molecule has 0 saturated carbocycles. The zero-order valence-electron chi connectivity index (χ0n) is 9.36. The lowest BCUT2D eigenvalue weighted by molar-refractivity contribution is 0.235. The first-order valence-corrected chi connectivity index (χ1v) is 5.05. The molecule has 0 spiro atoms. The van der Waals surface area contributed by atoms with E-state index in [-0.39, 0.29) is 0 Å². The second-order valence-corrected chi connectivity index (χ2v) is 3.06. The number of carbonyl (C=O) groups excluding carboxylic acids is 2. The molecule has 86 valence electrons. The van der Waals surface area contributed by atoms with Crippen LogP contribution in [0.15, 0.2) is 30.3 Å². The molecule has 0 bridgehead atoms. The van der Waals surface area contributed by atoms with Gasteiger partial charge in [0.25, 0.3) is 0 Å². The van der Waals surface area contributed by atoms with Crippen molar-refractivity contribution in [3.8, 4) is 0 Å². The predicted molar refractivity (Wildman–Crippen MR) is 62.4 cm³/mol. The topological polar surface area (TPSA) is 61.4 Å². The molecule has 0 saturated heterocycles. The van der Waals surface area contributed by atoms with Gasteiger partial charge >= 0.3 is 12.1 Å². The number of amides is 4. The van der Waals surface area contributed by atoms with E-state index in [2.05, 4.69) is 10.6 Å². The number of benzene rings is 1.